The van der Waals surface area contributed by atoms with Crippen LogP contribution in [0.4, 0.5) is 0 Å². The molecule has 2 unspecified atom stereocenters. The highest BCUT2D eigenvalue weighted by atomic mass is 16.4. The van der Waals surface area contributed by atoms with E-state index in [9.17, 15) is 9.59 Å². The Labute approximate surface area is 75.4 Å². The largest absolute Gasteiger partial charge is 0.481 e. The molecule has 0 aromatic carbocycles. The van der Waals surface area contributed by atoms with Gasteiger partial charge in [0.1, 0.15) is 6.10 Å². The predicted octanol–water partition coefficient (Wildman–Crippen LogP) is -0.706. The third-order valence-electron chi connectivity index (χ3n) is 0.827. The van der Waals surface area contributed by atoms with E-state index in [0.29, 0.717) is 0 Å². The summed E-state index contributed by atoms with van der Waals surface area (Å²) in [6.45, 7) is 2.64. The van der Waals surface area contributed by atoms with Crippen molar-refractivity contribution in [3.8, 4) is 0 Å². The molecular weight excluding hydrogens is 180 g/mol. The van der Waals surface area contributed by atoms with E-state index >= 15 is 0 Å². The number of hydrogen-bond acceptors (Lipinski definition) is 4. The van der Waals surface area contributed by atoms with E-state index in [0.717, 1.165) is 0 Å². The van der Waals surface area contributed by atoms with Crippen LogP contribution < -0.4 is 0 Å². The van der Waals surface area contributed by atoms with Gasteiger partial charge in [0.05, 0.1) is 12.5 Å². The fourth-order valence-corrected chi connectivity index (χ4v) is 0.253. The van der Waals surface area contributed by atoms with Gasteiger partial charge in [-0.05, 0) is 13.8 Å². The molecule has 2 atom stereocenters. The first-order valence-electron chi connectivity index (χ1n) is 3.58. The maximum absolute atomic E-state index is 9.65. The number of carboxylic acid groups (broad SMARTS) is 2. The summed E-state index contributed by atoms with van der Waals surface area (Å²) >= 11 is 0. The van der Waals surface area contributed by atoms with E-state index in [1.54, 1.807) is 0 Å². The number of hydrogen-bond donors (Lipinski definition) is 4. The van der Waals surface area contributed by atoms with Crippen molar-refractivity contribution < 1.29 is 30.0 Å². The fourth-order valence-electron chi connectivity index (χ4n) is 0.253. The molecule has 13 heavy (non-hydrogen) atoms. The van der Waals surface area contributed by atoms with Crippen LogP contribution in [0.2, 0.25) is 0 Å². The van der Waals surface area contributed by atoms with Crippen molar-refractivity contribution in [2.75, 3.05) is 0 Å². The zero-order valence-electron chi connectivity index (χ0n) is 7.47. The van der Waals surface area contributed by atoms with Gasteiger partial charge in [0.25, 0.3) is 0 Å². The normalized spacial score (nSPS) is 13.5. The Morgan fingerprint density at radius 2 is 1.46 bits per heavy atom. The molecule has 0 saturated carbocycles. The Kier molecular flexibility index (Phi) is 8.31. The highest BCUT2D eigenvalue weighted by Crippen LogP contribution is 1.85. The van der Waals surface area contributed by atoms with Crippen LogP contribution in [0.25, 0.3) is 0 Å². The summed E-state index contributed by atoms with van der Waals surface area (Å²) in [5.41, 5.74) is 0. The zero-order chi connectivity index (χ0) is 11.0. The van der Waals surface area contributed by atoms with E-state index in [4.69, 9.17) is 20.4 Å². The van der Waals surface area contributed by atoms with Crippen LogP contribution in [0.5, 0.6) is 0 Å². The van der Waals surface area contributed by atoms with Gasteiger partial charge in [-0.25, -0.2) is 4.79 Å². The summed E-state index contributed by atoms with van der Waals surface area (Å²) in [7, 11) is 0. The lowest BCUT2D eigenvalue weighted by atomic mass is 10.3. The van der Waals surface area contributed by atoms with Crippen LogP contribution in [0, 0.1) is 0 Å². The molecule has 0 saturated heterocycles. The Morgan fingerprint density at radius 3 is 1.46 bits per heavy atom. The molecule has 4 N–H and O–H groups in total. The predicted molar refractivity (Wildman–Crippen MR) is 43.3 cm³/mol. The van der Waals surface area contributed by atoms with Crippen molar-refractivity contribution in [2.45, 2.75) is 32.5 Å². The molecule has 0 aromatic heterocycles. The maximum Gasteiger partial charge on any atom is 0.332 e. The Morgan fingerprint density at radius 1 is 1.15 bits per heavy atom. The van der Waals surface area contributed by atoms with Crippen LogP contribution in [-0.4, -0.2) is 44.6 Å². The molecular formula is C7H14O6. The van der Waals surface area contributed by atoms with Crippen LogP contribution in [-0.2, 0) is 9.59 Å². The van der Waals surface area contributed by atoms with Crippen molar-refractivity contribution in [1.29, 1.82) is 0 Å². The molecule has 0 heterocycles. The first-order valence-corrected chi connectivity index (χ1v) is 3.58. The van der Waals surface area contributed by atoms with Gasteiger partial charge in [-0.3, -0.25) is 4.79 Å². The number of carboxylic acids is 2. The van der Waals surface area contributed by atoms with Gasteiger partial charge in [-0.2, -0.15) is 0 Å². The highest BCUT2D eigenvalue weighted by molar-refractivity contribution is 5.71. The molecule has 0 rings (SSSR count). The Bertz CT molecular complexity index is 162. The number of aliphatic hydroxyl groups is 2. The molecule has 78 valence electrons. The van der Waals surface area contributed by atoms with Crippen LogP contribution >= 0.6 is 0 Å². The third kappa shape index (κ3) is 18.1. The topological polar surface area (TPSA) is 115 Å². The highest BCUT2D eigenvalue weighted by Gasteiger charge is 2.01. The molecule has 0 aliphatic rings. The summed E-state index contributed by atoms with van der Waals surface area (Å²) in [6, 6.07) is 0. The van der Waals surface area contributed by atoms with Gasteiger partial charge >= 0.3 is 11.9 Å². The van der Waals surface area contributed by atoms with Gasteiger partial charge in [0.15, 0.2) is 0 Å². The minimum atomic E-state index is -1.23. The molecule has 0 bridgehead atoms. The van der Waals surface area contributed by atoms with E-state index in [1.807, 2.05) is 0 Å². The summed E-state index contributed by atoms with van der Waals surface area (Å²) in [6.07, 6.45) is -2.12. The summed E-state index contributed by atoms with van der Waals surface area (Å²) in [5.74, 6) is -2.15. The lowest BCUT2D eigenvalue weighted by Crippen LogP contribution is -2.13. The van der Waals surface area contributed by atoms with Crippen molar-refractivity contribution in [3.63, 3.8) is 0 Å². The Hall–Kier alpha value is -1.14. The second-order valence-corrected chi connectivity index (χ2v) is 2.46. The monoisotopic (exact) mass is 194 g/mol. The quantitative estimate of drug-likeness (QED) is 0.472. The minimum absolute atomic E-state index is 0.167. The van der Waals surface area contributed by atoms with Crippen molar-refractivity contribution >= 4 is 11.9 Å². The molecule has 6 nitrogen and oxygen atoms in total. The average Bonchev–Trinajstić information content (AvgIpc) is 1.84. The lowest BCUT2D eigenvalue weighted by molar-refractivity contribution is -0.145. The molecule has 0 radical (unpaired) electrons. The van der Waals surface area contributed by atoms with Gasteiger partial charge in [-0.15, -0.1) is 0 Å². The SMILES string of the molecule is CC(O)C(=O)O.CC(O)CC(=O)O. The smallest absolute Gasteiger partial charge is 0.332 e. The van der Waals surface area contributed by atoms with E-state index in [2.05, 4.69) is 0 Å². The Balaban J connectivity index is 0. The molecule has 6 heteroatoms. The molecule has 0 aliphatic heterocycles. The van der Waals surface area contributed by atoms with Gasteiger partial charge < -0.3 is 20.4 Å². The lowest BCUT2D eigenvalue weighted by Gasteiger charge is -1.94. The first-order chi connectivity index (χ1) is 5.77. The van der Waals surface area contributed by atoms with Crippen LogP contribution in [0.1, 0.15) is 20.3 Å². The second-order valence-electron chi connectivity index (χ2n) is 2.46. The summed E-state index contributed by atoms with van der Waals surface area (Å²) in [4.78, 5) is 19.1. The zero-order valence-corrected chi connectivity index (χ0v) is 7.47. The summed E-state index contributed by atoms with van der Waals surface area (Å²) < 4.78 is 0. The summed E-state index contributed by atoms with van der Waals surface area (Å²) in [5, 5.41) is 32.0. The number of rotatable bonds is 3. The van der Waals surface area contributed by atoms with Crippen LogP contribution in [0.3, 0.4) is 0 Å². The van der Waals surface area contributed by atoms with Crippen molar-refractivity contribution in [1.82, 2.24) is 0 Å². The molecule has 0 fully saturated rings. The number of aliphatic hydroxyl groups excluding tert-OH is 2. The first kappa shape index (κ1) is 14.4. The van der Waals surface area contributed by atoms with Crippen molar-refractivity contribution in [2.24, 2.45) is 0 Å². The van der Waals surface area contributed by atoms with E-state index in [1.165, 1.54) is 13.8 Å². The van der Waals surface area contributed by atoms with E-state index in [-0.39, 0.29) is 6.42 Å². The molecule has 0 amide bonds. The molecule has 0 spiro atoms. The third-order valence-corrected chi connectivity index (χ3v) is 0.827. The molecule has 0 aliphatic carbocycles. The van der Waals surface area contributed by atoms with Gasteiger partial charge in [0, 0.05) is 0 Å². The van der Waals surface area contributed by atoms with Gasteiger partial charge in [0.2, 0.25) is 0 Å². The van der Waals surface area contributed by atoms with Crippen LogP contribution in [0.15, 0.2) is 0 Å². The average molecular weight is 194 g/mol. The van der Waals surface area contributed by atoms with Crippen molar-refractivity contribution in [3.05, 3.63) is 0 Å². The second kappa shape index (κ2) is 7.51. The maximum atomic E-state index is 9.65. The van der Waals surface area contributed by atoms with Gasteiger partial charge in [-0.1, -0.05) is 0 Å². The molecule has 0 aromatic rings. The minimum Gasteiger partial charge on any atom is -0.481 e. The fraction of sp³-hybridized carbons (Fsp3) is 0.714. The number of carbonyl (C=O) groups is 2. The number of aliphatic carboxylic acids is 2. The van der Waals surface area contributed by atoms with E-state index < -0.39 is 24.1 Å². The standard InChI is InChI=1S/C4H8O3.C3H6O3/c1-3(5)2-4(6)7;1-2(4)3(5)6/h3,5H,2H2,1H3,(H,6,7);2,4H,1H3,(H,5,6).